The normalized spacial score (nSPS) is 12.1. The molecule has 0 aliphatic carbocycles. The SMILES string of the molecule is CC(Nc1cnn(CC(N)=O)c1)C(=O)O. The maximum absolute atomic E-state index is 10.6. The molecular formula is C8H12N4O3. The van der Waals surface area contributed by atoms with Crippen LogP contribution in [0.1, 0.15) is 6.92 Å². The second-order valence-corrected chi connectivity index (χ2v) is 3.10. The Morgan fingerprint density at radius 2 is 2.40 bits per heavy atom. The highest BCUT2D eigenvalue weighted by molar-refractivity contribution is 5.76. The van der Waals surface area contributed by atoms with Crippen molar-refractivity contribution in [1.82, 2.24) is 9.78 Å². The molecule has 0 saturated carbocycles. The van der Waals surface area contributed by atoms with E-state index in [4.69, 9.17) is 10.8 Å². The van der Waals surface area contributed by atoms with Crippen LogP contribution in [0.4, 0.5) is 5.69 Å². The maximum Gasteiger partial charge on any atom is 0.325 e. The maximum atomic E-state index is 10.6. The molecule has 82 valence electrons. The average Bonchev–Trinajstić information content (AvgIpc) is 2.51. The van der Waals surface area contributed by atoms with Gasteiger partial charge in [0.15, 0.2) is 0 Å². The van der Waals surface area contributed by atoms with Crippen molar-refractivity contribution >= 4 is 17.6 Å². The standard InChI is InChI=1S/C8H12N4O3/c1-5(8(14)15)11-6-2-10-12(3-6)4-7(9)13/h2-3,5,11H,4H2,1H3,(H2,9,13)(H,14,15). The summed E-state index contributed by atoms with van der Waals surface area (Å²) in [6, 6.07) is -0.712. The van der Waals surface area contributed by atoms with Crippen LogP contribution in [0.2, 0.25) is 0 Å². The third-order valence-electron chi connectivity index (χ3n) is 1.70. The fraction of sp³-hybridized carbons (Fsp3) is 0.375. The molecule has 0 spiro atoms. The van der Waals surface area contributed by atoms with E-state index in [1.807, 2.05) is 0 Å². The van der Waals surface area contributed by atoms with E-state index in [0.717, 1.165) is 0 Å². The number of nitrogens with one attached hydrogen (secondary N) is 1. The topological polar surface area (TPSA) is 110 Å². The van der Waals surface area contributed by atoms with Crippen LogP contribution >= 0.6 is 0 Å². The van der Waals surface area contributed by atoms with E-state index in [-0.39, 0.29) is 6.54 Å². The predicted molar refractivity (Wildman–Crippen MR) is 52.1 cm³/mol. The predicted octanol–water partition coefficient (Wildman–Crippen LogP) is -0.747. The molecule has 7 heteroatoms. The molecule has 1 aromatic rings. The van der Waals surface area contributed by atoms with Crippen LogP contribution < -0.4 is 11.1 Å². The number of carbonyl (C=O) groups excluding carboxylic acids is 1. The Hall–Kier alpha value is -2.05. The monoisotopic (exact) mass is 212 g/mol. The highest BCUT2D eigenvalue weighted by atomic mass is 16.4. The zero-order chi connectivity index (χ0) is 11.4. The minimum atomic E-state index is -0.961. The van der Waals surface area contributed by atoms with Crippen molar-refractivity contribution in [2.45, 2.75) is 19.5 Å². The molecular weight excluding hydrogens is 200 g/mol. The number of carboxylic acid groups (broad SMARTS) is 1. The van der Waals surface area contributed by atoms with Crippen LogP contribution in [0.25, 0.3) is 0 Å². The number of carbonyl (C=O) groups is 2. The summed E-state index contributed by atoms with van der Waals surface area (Å²) in [5.74, 6) is -1.46. The first-order valence-electron chi connectivity index (χ1n) is 4.29. The largest absolute Gasteiger partial charge is 0.480 e. The number of nitrogens with zero attached hydrogens (tertiary/aromatic N) is 2. The van der Waals surface area contributed by atoms with E-state index in [9.17, 15) is 9.59 Å². The van der Waals surface area contributed by atoms with Gasteiger partial charge in [-0.3, -0.25) is 14.3 Å². The first-order chi connectivity index (χ1) is 6.99. The molecule has 1 amide bonds. The summed E-state index contributed by atoms with van der Waals surface area (Å²) in [4.78, 5) is 21.1. The van der Waals surface area contributed by atoms with Crippen molar-refractivity contribution in [2.75, 3.05) is 5.32 Å². The van der Waals surface area contributed by atoms with Gasteiger partial charge in [0.2, 0.25) is 5.91 Å². The number of primary amides is 1. The number of hydrogen-bond acceptors (Lipinski definition) is 4. The van der Waals surface area contributed by atoms with Gasteiger partial charge < -0.3 is 16.2 Å². The van der Waals surface area contributed by atoms with Crippen molar-refractivity contribution in [2.24, 2.45) is 5.73 Å². The van der Waals surface area contributed by atoms with Gasteiger partial charge in [0.25, 0.3) is 0 Å². The molecule has 1 heterocycles. The third-order valence-corrected chi connectivity index (χ3v) is 1.70. The molecule has 7 nitrogen and oxygen atoms in total. The Morgan fingerprint density at radius 3 is 2.93 bits per heavy atom. The lowest BCUT2D eigenvalue weighted by molar-refractivity contribution is -0.137. The quantitative estimate of drug-likeness (QED) is 0.595. The first kappa shape index (κ1) is 11.0. The fourth-order valence-corrected chi connectivity index (χ4v) is 0.996. The Kier molecular flexibility index (Phi) is 3.27. The molecule has 0 radical (unpaired) electrons. The minimum Gasteiger partial charge on any atom is -0.480 e. The summed E-state index contributed by atoms with van der Waals surface area (Å²) in [7, 11) is 0. The molecule has 0 aromatic carbocycles. The third kappa shape index (κ3) is 3.29. The van der Waals surface area contributed by atoms with E-state index in [1.54, 1.807) is 0 Å². The molecule has 1 rings (SSSR count). The number of aliphatic carboxylic acids is 1. The lowest BCUT2D eigenvalue weighted by atomic mass is 10.3. The molecule has 4 N–H and O–H groups in total. The van der Waals surface area contributed by atoms with Gasteiger partial charge in [-0.25, -0.2) is 0 Å². The van der Waals surface area contributed by atoms with Gasteiger partial charge in [0, 0.05) is 6.20 Å². The summed E-state index contributed by atoms with van der Waals surface area (Å²) < 4.78 is 1.33. The van der Waals surface area contributed by atoms with Crippen molar-refractivity contribution < 1.29 is 14.7 Å². The first-order valence-corrected chi connectivity index (χ1v) is 4.29. The van der Waals surface area contributed by atoms with E-state index >= 15 is 0 Å². The van der Waals surface area contributed by atoms with Crippen LogP contribution in [-0.4, -0.2) is 32.8 Å². The second-order valence-electron chi connectivity index (χ2n) is 3.10. The van der Waals surface area contributed by atoms with E-state index in [0.29, 0.717) is 5.69 Å². The van der Waals surface area contributed by atoms with Gasteiger partial charge in [0.1, 0.15) is 12.6 Å². The van der Waals surface area contributed by atoms with Gasteiger partial charge in [0.05, 0.1) is 11.9 Å². The zero-order valence-electron chi connectivity index (χ0n) is 8.17. The minimum absolute atomic E-state index is 0.0247. The van der Waals surface area contributed by atoms with E-state index in [1.165, 1.54) is 24.0 Å². The van der Waals surface area contributed by atoms with E-state index in [2.05, 4.69) is 10.4 Å². The molecule has 15 heavy (non-hydrogen) atoms. The Labute approximate surface area is 85.9 Å². The molecule has 0 aliphatic rings. The Balaban J connectivity index is 2.60. The number of rotatable bonds is 5. The van der Waals surface area contributed by atoms with Crippen molar-refractivity contribution in [1.29, 1.82) is 0 Å². The number of hydrogen-bond donors (Lipinski definition) is 3. The number of nitrogens with two attached hydrogens (primary N) is 1. The number of aromatic nitrogens is 2. The highest BCUT2D eigenvalue weighted by Gasteiger charge is 2.11. The van der Waals surface area contributed by atoms with Gasteiger partial charge >= 0.3 is 5.97 Å². The summed E-state index contributed by atoms with van der Waals surface area (Å²) in [5, 5.41) is 15.2. The Bertz CT molecular complexity index is 374. The van der Waals surface area contributed by atoms with Gasteiger partial charge in [-0.15, -0.1) is 0 Å². The smallest absolute Gasteiger partial charge is 0.325 e. The number of anilines is 1. The van der Waals surface area contributed by atoms with Crippen molar-refractivity contribution in [3.8, 4) is 0 Å². The van der Waals surface area contributed by atoms with E-state index < -0.39 is 17.9 Å². The summed E-state index contributed by atoms with van der Waals surface area (Å²) in [6.07, 6.45) is 2.95. The summed E-state index contributed by atoms with van der Waals surface area (Å²) in [5.41, 5.74) is 5.50. The van der Waals surface area contributed by atoms with Crippen LogP contribution in [-0.2, 0) is 16.1 Å². The second kappa shape index (κ2) is 4.45. The highest BCUT2D eigenvalue weighted by Crippen LogP contribution is 2.06. The molecule has 1 aromatic heterocycles. The molecule has 0 fully saturated rings. The average molecular weight is 212 g/mol. The lowest BCUT2D eigenvalue weighted by Crippen LogP contribution is -2.25. The molecule has 0 saturated heterocycles. The van der Waals surface area contributed by atoms with Gasteiger partial charge in [-0.05, 0) is 6.92 Å². The Morgan fingerprint density at radius 1 is 1.73 bits per heavy atom. The molecule has 1 atom stereocenters. The van der Waals surface area contributed by atoms with Gasteiger partial charge in [-0.2, -0.15) is 5.10 Å². The van der Waals surface area contributed by atoms with Crippen molar-refractivity contribution in [3.05, 3.63) is 12.4 Å². The van der Waals surface area contributed by atoms with Gasteiger partial charge in [-0.1, -0.05) is 0 Å². The molecule has 0 aliphatic heterocycles. The number of carboxylic acids is 1. The lowest BCUT2D eigenvalue weighted by Gasteiger charge is -2.07. The summed E-state index contributed by atoms with van der Waals surface area (Å²) in [6.45, 7) is 1.48. The summed E-state index contributed by atoms with van der Waals surface area (Å²) >= 11 is 0. The number of amides is 1. The molecule has 1 unspecified atom stereocenters. The van der Waals surface area contributed by atoms with Crippen molar-refractivity contribution in [3.63, 3.8) is 0 Å². The molecule has 0 bridgehead atoms. The fourth-order valence-electron chi connectivity index (χ4n) is 0.996. The zero-order valence-corrected chi connectivity index (χ0v) is 8.17. The van der Waals surface area contributed by atoms with Crippen LogP contribution in [0, 0.1) is 0 Å². The van der Waals surface area contributed by atoms with Crippen LogP contribution in [0.5, 0.6) is 0 Å². The van der Waals surface area contributed by atoms with Crippen LogP contribution in [0.3, 0.4) is 0 Å². The van der Waals surface area contributed by atoms with Crippen LogP contribution in [0.15, 0.2) is 12.4 Å².